The molecule has 5 nitrogen and oxygen atoms in total. The molecule has 0 aliphatic carbocycles. The molecule has 6 heteroatoms. The molecule has 1 fully saturated rings. The maximum atomic E-state index is 13.6. The lowest BCUT2D eigenvalue weighted by Gasteiger charge is -2.40. The Morgan fingerprint density at radius 2 is 1.77 bits per heavy atom. The number of aliphatic imine (C=N–C) groups is 1. The number of hydrogen-bond donors (Lipinski definition) is 0. The first-order valence-electron chi connectivity index (χ1n) is 10.7. The Labute approximate surface area is 188 Å². The molecular weight excluding hydrogens is 410 g/mol. The summed E-state index contributed by atoms with van der Waals surface area (Å²) < 4.78 is 5.52. The second-order valence-electron chi connectivity index (χ2n) is 9.00. The van der Waals surface area contributed by atoms with Crippen molar-refractivity contribution < 1.29 is 9.53 Å². The van der Waals surface area contributed by atoms with Crippen molar-refractivity contribution in [1.82, 2.24) is 4.90 Å². The quantitative estimate of drug-likeness (QED) is 0.706. The molecule has 1 saturated heterocycles. The molecular formula is C25H26ClN3O2. The highest BCUT2D eigenvalue weighted by atomic mass is 35.5. The number of rotatable bonds is 3. The normalized spacial score (nSPS) is 21.4. The van der Waals surface area contributed by atoms with Crippen LogP contribution >= 0.6 is 11.6 Å². The van der Waals surface area contributed by atoms with Crippen molar-refractivity contribution >= 4 is 40.2 Å². The number of morpholine rings is 1. The summed E-state index contributed by atoms with van der Waals surface area (Å²) in [6.45, 7) is 10.5. The van der Waals surface area contributed by atoms with Crippen LogP contribution in [0.3, 0.4) is 0 Å². The monoisotopic (exact) mass is 435 g/mol. The highest BCUT2D eigenvalue weighted by Gasteiger charge is 2.46. The molecule has 3 heterocycles. The van der Waals surface area contributed by atoms with Gasteiger partial charge in [0.2, 0.25) is 0 Å². The second kappa shape index (κ2) is 7.59. The molecule has 0 radical (unpaired) electrons. The molecule has 0 N–H and O–H groups in total. The van der Waals surface area contributed by atoms with Gasteiger partial charge < -0.3 is 4.74 Å². The maximum absolute atomic E-state index is 13.6. The van der Waals surface area contributed by atoms with Gasteiger partial charge in [0.15, 0.2) is 0 Å². The minimum atomic E-state index is -0.438. The molecule has 0 unspecified atom stereocenters. The fourth-order valence-electron chi connectivity index (χ4n) is 4.77. The lowest BCUT2D eigenvalue weighted by molar-refractivity contribution is -0.112. The SMILES string of the molecule is Cc1cc2c3c(c1)C(=Nc1ccc(Cl)cc1)C(=O)N3C(C)(C)C=C2CN1CCOCC1. The topological polar surface area (TPSA) is 45.1 Å². The van der Waals surface area contributed by atoms with E-state index in [-0.39, 0.29) is 5.91 Å². The highest BCUT2D eigenvalue weighted by Crippen LogP contribution is 2.46. The second-order valence-corrected chi connectivity index (χ2v) is 9.43. The third kappa shape index (κ3) is 3.61. The van der Waals surface area contributed by atoms with Crippen LogP contribution < -0.4 is 4.90 Å². The smallest absolute Gasteiger partial charge is 0.278 e. The number of aryl methyl sites for hydroxylation is 1. The molecule has 1 amide bonds. The number of ether oxygens (including phenoxy) is 1. The number of hydrogen-bond acceptors (Lipinski definition) is 4. The zero-order chi connectivity index (χ0) is 21.8. The predicted molar refractivity (Wildman–Crippen MR) is 126 cm³/mol. The van der Waals surface area contributed by atoms with Crippen molar-refractivity contribution in [1.29, 1.82) is 0 Å². The van der Waals surface area contributed by atoms with E-state index in [2.05, 4.69) is 43.9 Å². The Kier molecular flexibility index (Phi) is 5.00. The first-order valence-corrected chi connectivity index (χ1v) is 11.1. The van der Waals surface area contributed by atoms with Crippen molar-refractivity contribution in [3.63, 3.8) is 0 Å². The van der Waals surface area contributed by atoms with Gasteiger partial charge in [-0.15, -0.1) is 0 Å². The first-order chi connectivity index (χ1) is 14.8. The average molecular weight is 436 g/mol. The van der Waals surface area contributed by atoms with Gasteiger partial charge in [-0.3, -0.25) is 14.6 Å². The largest absolute Gasteiger partial charge is 0.379 e. The number of benzene rings is 2. The molecule has 0 spiro atoms. The van der Waals surface area contributed by atoms with Gasteiger partial charge in [0.1, 0.15) is 5.71 Å². The van der Waals surface area contributed by atoms with Crippen LogP contribution in [0, 0.1) is 6.92 Å². The number of carbonyl (C=O) groups excluding carboxylic acids is 1. The minimum Gasteiger partial charge on any atom is -0.379 e. The molecule has 5 rings (SSSR count). The summed E-state index contributed by atoms with van der Waals surface area (Å²) in [5.41, 5.74) is 6.21. The van der Waals surface area contributed by atoms with Crippen LogP contribution in [-0.4, -0.2) is 54.9 Å². The van der Waals surface area contributed by atoms with Crippen LogP contribution in [0.25, 0.3) is 5.57 Å². The molecule has 0 aromatic heterocycles. The van der Waals surface area contributed by atoms with Crippen LogP contribution in [-0.2, 0) is 9.53 Å². The van der Waals surface area contributed by atoms with Crippen LogP contribution in [0.15, 0.2) is 47.5 Å². The highest BCUT2D eigenvalue weighted by molar-refractivity contribution is 6.55. The van der Waals surface area contributed by atoms with E-state index in [0.717, 1.165) is 60.9 Å². The third-order valence-electron chi connectivity index (χ3n) is 6.15. The van der Waals surface area contributed by atoms with Gasteiger partial charge in [0.25, 0.3) is 5.91 Å². The zero-order valence-corrected chi connectivity index (χ0v) is 18.9. The van der Waals surface area contributed by atoms with Crippen molar-refractivity contribution in [3.8, 4) is 0 Å². The maximum Gasteiger partial charge on any atom is 0.278 e. The minimum absolute atomic E-state index is 0.0523. The summed E-state index contributed by atoms with van der Waals surface area (Å²) in [4.78, 5) is 22.7. The zero-order valence-electron chi connectivity index (χ0n) is 18.1. The number of amides is 1. The lowest BCUT2D eigenvalue weighted by atomic mass is 9.87. The average Bonchev–Trinajstić information content (AvgIpc) is 3.01. The molecule has 2 aromatic rings. The Morgan fingerprint density at radius 3 is 2.48 bits per heavy atom. The number of nitrogens with zero attached hydrogens (tertiary/aromatic N) is 3. The van der Waals surface area contributed by atoms with Gasteiger partial charge in [-0.1, -0.05) is 17.7 Å². The summed E-state index contributed by atoms with van der Waals surface area (Å²) in [5.74, 6) is -0.0523. The van der Waals surface area contributed by atoms with Gasteiger partial charge in [-0.25, -0.2) is 4.99 Å². The predicted octanol–water partition coefficient (Wildman–Crippen LogP) is 4.62. The summed E-state index contributed by atoms with van der Waals surface area (Å²) in [6.07, 6.45) is 2.25. The number of halogens is 1. The molecule has 2 aromatic carbocycles. The van der Waals surface area contributed by atoms with Crippen LogP contribution in [0.5, 0.6) is 0 Å². The van der Waals surface area contributed by atoms with E-state index in [1.54, 1.807) is 12.1 Å². The van der Waals surface area contributed by atoms with Crippen LogP contribution in [0.2, 0.25) is 5.02 Å². The first kappa shape index (κ1) is 20.4. The van der Waals surface area contributed by atoms with Crippen molar-refractivity contribution in [2.24, 2.45) is 4.99 Å². The molecule has 0 bridgehead atoms. The van der Waals surface area contributed by atoms with Crippen molar-refractivity contribution in [2.45, 2.75) is 26.3 Å². The van der Waals surface area contributed by atoms with E-state index >= 15 is 0 Å². The Balaban J connectivity index is 1.63. The summed E-state index contributed by atoms with van der Waals surface area (Å²) in [6, 6.07) is 11.6. The van der Waals surface area contributed by atoms with E-state index in [4.69, 9.17) is 21.3 Å². The van der Waals surface area contributed by atoms with E-state index in [1.165, 1.54) is 5.57 Å². The Hall–Kier alpha value is -2.47. The van der Waals surface area contributed by atoms with E-state index in [9.17, 15) is 4.79 Å². The van der Waals surface area contributed by atoms with E-state index in [1.807, 2.05) is 17.0 Å². The number of carbonyl (C=O) groups is 1. The fourth-order valence-corrected chi connectivity index (χ4v) is 4.90. The molecule has 3 aliphatic rings. The third-order valence-corrected chi connectivity index (χ3v) is 6.41. The summed E-state index contributed by atoms with van der Waals surface area (Å²) >= 11 is 6.02. The van der Waals surface area contributed by atoms with E-state index < -0.39 is 5.54 Å². The van der Waals surface area contributed by atoms with E-state index in [0.29, 0.717) is 10.7 Å². The number of anilines is 1. The standard InChI is InChI=1S/C25H26ClN3O2/c1-16-12-20-17(15-28-8-10-31-11-9-28)14-25(2,3)29-23(20)21(13-16)22(24(29)30)27-19-6-4-18(26)5-7-19/h4-7,12-14H,8-11,15H2,1-3H3. The van der Waals surface area contributed by atoms with Gasteiger partial charge in [-0.2, -0.15) is 0 Å². The molecule has 160 valence electrons. The Bertz CT molecular complexity index is 1110. The van der Waals surface area contributed by atoms with Crippen molar-refractivity contribution in [3.05, 3.63) is 64.2 Å². The fraction of sp³-hybridized carbons (Fsp3) is 0.360. The van der Waals surface area contributed by atoms with Gasteiger partial charge in [0, 0.05) is 35.8 Å². The molecule has 0 saturated carbocycles. The summed E-state index contributed by atoms with van der Waals surface area (Å²) in [5, 5.41) is 0.651. The van der Waals surface area contributed by atoms with Gasteiger partial charge in [0.05, 0.1) is 30.1 Å². The Morgan fingerprint density at radius 1 is 1.10 bits per heavy atom. The summed E-state index contributed by atoms with van der Waals surface area (Å²) in [7, 11) is 0. The molecule has 3 aliphatic heterocycles. The van der Waals surface area contributed by atoms with Crippen LogP contribution in [0.4, 0.5) is 11.4 Å². The van der Waals surface area contributed by atoms with Crippen LogP contribution in [0.1, 0.15) is 30.5 Å². The van der Waals surface area contributed by atoms with Gasteiger partial charge >= 0.3 is 0 Å². The van der Waals surface area contributed by atoms with Gasteiger partial charge in [-0.05, 0) is 68.3 Å². The van der Waals surface area contributed by atoms with Crippen molar-refractivity contribution in [2.75, 3.05) is 37.7 Å². The lowest BCUT2D eigenvalue weighted by Crippen LogP contribution is -2.48. The molecule has 31 heavy (non-hydrogen) atoms. The molecule has 0 atom stereocenters.